The molecule has 0 radical (unpaired) electrons. The zero-order valence-electron chi connectivity index (χ0n) is 18.6. The number of fused-ring (bicyclic) bond motifs is 1. The molecule has 1 aromatic carbocycles. The van der Waals surface area contributed by atoms with E-state index in [1.165, 1.54) is 82.3 Å². The van der Waals surface area contributed by atoms with Gasteiger partial charge in [0.1, 0.15) is 5.82 Å². The summed E-state index contributed by atoms with van der Waals surface area (Å²) in [5.74, 6) is 1.98. The normalized spacial score (nSPS) is 24.5. The molecule has 5 nitrogen and oxygen atoms in total. The quantitative estimate of drug-likeness (QED) is 0.685. The Balaban J connectivity index is 1.24. The molecule has 2 saturated heterocycles. The van der Waals surface area contributed by atoms with E-state index in [1.807, 2.05) is 0 Å². The number of nitrogens with zero attached hydrogens (tertiary/aromatic N) is 4. The third kappa shape index (κ3) is 4.58. The number of ether oxygens (including phenoxy) is 1. The summed E-state index contributed by atoms with van der Waals surface area (Å²) in [4.78, 5) is 10.4. The van der Waals surface area contributed by atoms with Crippen LogP contribution in [0.4, 0.5) is 0 Å². The maximum absolute atomic E-state index is 6.01. The number of hydrogen-bond donors (Lipinski definition) is 0. The molecule has 164 valence electrons. The molecule has 1 atom stereocenters. The average Bonchev–Trinajstić information content (AvgIpc) is 3.52. The molecule has 3 aliphatic rings. The van der Waals surface area contributed by atoms with E-state index in [9.17, 15) is 0 Å². The van der Waals surface area contributed by atoms with Crippen molar-refractivity contribution < 1.29 is 4.74 Å². The number of para-hydroxylation sites is 2. The summed E-state index contributed by atoms with van der Waals surface area (Å²) in [5.41, 5.74) is 2.34. The molecule has 5 heteroatoms. The van der Waals surface area contributed by atoms with Gasteiger partial charge in [-0.05, 0) is 69.7 Å². The first-order valence-corrected chi connectivity index (χ1v) is 12.2. The molecular formula is C25H38N4O. The molecule has 5 rings (SSSR count). The molecule has 0 spiro atoms. The fourth-order valence-corrected chi connectivity index (χ4v) is 5.95. The predicted molar refractivity (Wildman–Crippen MR) is 122 cm³/mol. The van der Waals surface area contributed by atoms with Gasteiger partial charge in [0, 0.05) is 32.8 Å². The van der Waals surface area contributed by atoms with Crippen LogP contribution in [0, 0.1) is 5.92 Å². The first-order valence-electron chi connectivity index (χ1n) is 12.2. The van der Waals surface area contributed by atoms with Crippen molar-refractivity contribution in [1.82, 2.24) is 19.4 Å². The van der Waals surface area contributed by atoms with Crippen molar-refractivity contribution >= 4 is 11.0 Å². The number of rotatable bonds is 7. The number of benzene rings is 1. The Labute approximate surface area is 181 Å². The Kier molecular flexibility index (Phi) is 6.40. The smallest absolute Gasteiger partial charge is 0.123 e. The molecular weight excluding hydrogens is 372 g/mol. The highest BCUT2D eigenvalue weighted by Gasteiger charge is 2.29. The lowest BCUT2D eigenvalue weighted by Gasteiger charge is -2.38. The van der Waals surface area contributed by atoms with E-state index >= 15 is 0 Å². The first kappa shape index (κ1) is 20.5. The lowest BCUT2D eigenvalue weighted by molar-refractivity contribution is 0.0528. The summed E-state index contributed by atoms with van der Waals surface area (Å²) >= 11 is 0. The predicted octanol–water partition coefficient (Wildman–Crippen LogP) is 4.21. The van der Waals surface area contributed by atoms with Gasteiger partial charge in [0.25, 0.3) is 0 Å². The number of aryl methyl sites for hydroxylation is 1. The number of likely N-dealkylation sites (tertiary alicyclic amines) is 1. The number of piperidine rings is 1. The maximum atomic E-state index is 6.01. The van der Waals surface area contributed by atoms with E-state index in [4.69, 9.17) is 9.72 Å². The Hall–Kier alpha value is -1.43. The Morgan fingerprint density at radius 3 is 2.53 bits per heavy atom. The second-order valence-electron chi connectivity index (χ2n) is 9.82. The fourth-order valence-electron chi connectivity index (χ4n) is 5.95. The Morgan fingerprint density at radius 1 is 1.00 bits per heavy atom. The molecule has 3 heterocycles. The van der Waals surface area contributed by atoms with E-state index in [1.54, 1.807) is 0 Å². The second kappa shape index (κ2) is 9.37. The highest BCUT2D eigenvalue weighted by molar-refractivity contribution is 5.75. The molecule has 0 bridgehead atoms. The summed E-state index contributed by atoms with van der Waals surface area (Å²) in [6, 6.07) is 9.38. The van der Waals surface area contributed by atoms with Crippen molar-refractivity contribution in [2.45, 2.75) is 70.1 Å². The highest BCUT2D eigenvalue weighted by atomic mass is 16.5. The fraction of sp³-hybridized carbons (Fsp3) is 0.720. The number of imidazole rings is 1. The molecule has 1 aliphatic carbocycles. The zero-order chi connectivity index (χ0) is 20.3. The van der Waals surface area contributed by atoms with E-state index in [-0.39, 0.29) is 0 Å². The lowest BCUT2D eigenvalue weighted by atomic mass is 9.94. The van der Waals surface area contributed by atoms with Crippen molar-refractivity contribution in [3.05, 3.63) is 30.1 Å². The maximum Gasteiger partial charge on any atom is 0.123 e. The third-order valence-electron chi connectivity index (χ3n) is 7.74. The Bertz CT molecular complexity index is 814. The van der Waals surface area contributed by atoms with Crippen molar-refractivity contribution in [3.8, 4) is 0 Å². The monoisotopic (exact) mass is 410 g/mol. The van der Waals surface area contributed by atoms with Crippen LogP contribution in [-0.4, -0.2) is 64.3 Å². The van der Waals surface area contributed by atoms with E-state index in [0.29, 0.717) is 6.10 Å². The van der Waals surface area contributed by atoms with Crippen LogP contribution in [0.25, 0.3) is 11.0 Å². The topological polar surface area (TPSA) is 33.5 Å². The van der Waals surface area contributed by atoms with Gasteiger partial charge < -0.3 is 14.2 Å². The molecule has 0 unspecified atom stereocenters. The van der Waals surface area contributed by atoms with Gasteiger partial charge in [-0.3, -0.25) is 4.90 Å². The largest absolute Gasteiger partial charge is 0.377 e. The summed E-state index contributed by atoms with van der Waals surface area (Å²) in [6.45, 7) is 6.69. The molecule has 2 aromatic rings. The molecule has 1 aromatic heterocycles. The van der Waals surface area contributed by atoms with Crippen LogP contribution in [0.1, 0.15) is 57.2 Å². The first-order chi connectivity index (χ1) is 14.8. The van der Waals surface area contributed by atoms with E-state index < -0.39 is 0 Å². The van der Waals surface area contributed by atoms with Gasteiger partial charge in [-0.1, -0.05) is 25.0 Å². The van der Waals surface area contributed by atoms with Crippen LogP contribution < -0.4 is 0 Å². The van der Waals surface area contributed by atoms with Crippen LogP contribution in [0.5, 0.6) is 0 Å². The number of aromatic nitrogens is 2. The van der Waals surface area contributed by atoms with Crippen LogP contribution in [0.2, 0.25) is 0 Å². The van der Waals surface area contributed by atoms with Crippen LogP contribution in [-0.2, 0) is 18.3 Å². The van der Waals surface area contributed by atoms with Crippen LogP contribution in [0.15, 0.2) is 24.3 Å². The standard InChI is InChI=1S/C25H38N4O/c1-27-24-11-5-4-10-23(24)26-25(27)19-28(18-22-9-6-16-30-22)17-20-12-14-29(15-13-20)21-7-2-3-8-21/h4-5,10-11,20-22H,2-3,6-9,12-19H2,1H3/t22-/m0/s1. The summed E-state index contributed by atoms with van der Waals surface area (Å²) < 4.78 is 8.29. The molecule has 1 saturated carbocycles. The van der Waals surface area contributed by atoms with Gasteiger partial charge in [-0.25, -0.2) is 4.98 Å². The second-order valence-corrected chi connectivity index (χ2v) is 9.82. The van der Waals surface area contributed by atoms with Crippen LogP contribution in [0.3, 0.4) is 0 Å². The Morgan fingerprint density at radius 2 is 1.80 bits per heavy atom. The minimum atomic E-state index is 0.401. The van der Waals surface area contributed by atoms with Gasteiger partial charge >= 0.3 is 0 Å². The minimum absolute atomic E-state index is 0.401. The van der Waals surface area contributed by atoms with Gasteiger partial charge in [0.2, 0.25) is 0 Å². The van der Waals surface area contributed by atoms with E-state index in [0.717, 1.165) is 37.2 Å². The molecule has 0 N–H and O–H groups in total. The zero-order valence-corrected chi connectivity index (χ0v) is 18.6. The lowest BCUT2D eigenvalue weighted by Crippen LogP contribution is -2.43. The van der Waals surface area contributed by atoms with Gasteiger partial charge in [0.05, 0.1) is 23.7 Å². The van der Waals surface area contributed by atoms with Crippen molar-refractivity contribution in [3.63, 3.8) is 0 Å². The van der Waals surface area contributed by atoms with Gasteiger partial charge in [-0.15, -0.1) is 0 Å². The van der Waals surface area contributed by atoms with E-state index in [2.05, 4.69) is 45.7 Å². The van der Waals surface area contributed by atoms with Crippen molar-refractivity contribution in [2.75, 3.05) is 32.8 Å². The molecule has 30 heavy (non-hydrogen) atoms. The molecule has 0 amide bonds. The summed E-state index contributed by atoms with van der Waals surface area (Å²) in [5, 5.41) is 0. The molecule has 3 fully saturated rings. The third-order valence-corrected chi connectivity index (χ3v) is 7.74. The molecule has 2 aliphatic heterocycles. The average molecular weight is 411 g/mol. The van der Waals surface area contributed by atoms with Crippen molar-refractivity contribution in [1.29, 1.82) is 0 Å². The van der Waals surface area contributed by atoms with Crippen LogP contribution >= 0.6 is 0 Å². The highest BCUT2D eigenvalue weighted by Crippen LogP contribution is 2.29. The summed E-state index contributed by atoms with van der Waals surface area (Å²) in [7, 11) is 2.16. The van der Waals surface area contributed by atoms with Gasteiger partial charge in [0.15, 0.2) is 0 Å². The SMILES string of the molecule is Cn1c(CN(CC2CCN(C3CCCC3)CC2)C[C@@H]2CCCO2)nc2ccccc21. The van der Waals surface area contributed by atoms with Gasteiger partial charge in [-0.2, -0.15) is 0 Å². The number of hydrogen-bond acceptors (Lipinski definition) is 4. The summed E-state index contributed by atoms with van der Waals surface area (Å²) in [6.07, 6.45) is 11.3. The minimum Gasteiger partial charge on any atom is -0.377 e. The van der Waals surface area contributed by atoms with Crippen molar-refractivity contribution in [2.24, 2.45) is 13.0 Å².